The van der Waals surface area contributed by atoms with E-state index in [0.717, 1.165) is 39.4 Å². The van der Waals surface area contributed by atoms with Crippen LogP contribution in [0.2, 0.25) is 0 Å². The Hall–Kier alpha value is -6.11. The minimum absolute atomic E-state index is 0. The van der Waals surface area contributed by atoms with Crippen molar-refractivity contribution < 1.29 is 31.1 Å². The molecule has 0 saturated heterocycles. The maximum atomic E-state index is 3.76. The molecule has 0 fully saturated rings. The molecule has 1 aliphatic rings. The van der Waals surface area contributed by atoms with E-state index in [2.05, 4.69) is 204 Å². The van der Waals surface area contributed by atoms with Crippen molar-refractivity contribution in [3.8, 4) is 50.2 Å². The Morgan fingerprint density at radius 3 is 1.73 bits per heavy atom. The number of aromatic nitrogens is 1. The number of rotatable bonds is 6. The van der Waals surface area contributed by atoms with E-state index in [4.69, 9.17) is 0 Å². The molecule has 9 aromatic carbocycles. The van der Waals surface area contributed by atoms with Gasteiger partial charge in [-0.25, -0.2) is 11.1 Å². The van der Waals surface area contributed by atoms with E-state index in [1.54, 1.807) is 0 Å². The Kier molecular flexibility index (Phi) is 8.29. The Morgan fingerprint density at radius 2 is 1.04 bits per heavy atom. The second kappa shape index (κ2) is 13.6. The van der Waals surface area contributed by atoms with Crippen LogP contribution in [0.25, 0.3) is 82.8 Å². The van der Waals surface area contributed by atoms with Crippen LogP contribution in [0.5, 0.6) is 0 Å². The molecule has 0 atom stereocenters. The van der Waals surface area contributed by atoms with Gasteiger partial charge in [-0.3, -0.25) is 0 Å². The molecular weight excluding hydrogens is 891 g/mol. The number of anilines is 3. The number of para-hydroxylation sites is 2. The van der Waals surface area contributed by atoms with Crippen LogP contribution in [0.4, 0.5) is 17.1 Å². The zero-order chi connectivity index (χ0) is 35.6. The standard InChI is InChI=1S/C52H32N2.U/c1-4-13-37(14-5-1)43-32-34-48-52-50(43)46-21-11-10-20-44(46)45-22-12-15-38-27-33-47(51(52)49(38)45)54(48)42-30-25-36(26-31-42)35-23-28-41(29-24-35)53(39-16-6-2-7-17-39)40-18-8-3-9-19-40;/h1-13,15-31,33-34H;/q-2;+2. The topological polar surface area (TPSA) is 8.17 Å². The second-order valence-electron chi connectivity index (χ2n) is 13.9. The van der Waals surface area contributed by atoms with Gasteiger partial charge >= 0.3 is 31.1 Å². The molecule has 0 radical (unpaired) electrons. The summed E-state index contributed by atoms with van der Waals surface area (Å²) in [5, 5.41) is 5.10. The largest absolute Gasteiger partial charge is 2.00 e. The van der Waals surface area contributed by atoms with E-state index >= 15 is 0 Å². The molecule has 1 aliphatic carbocycles. The molecule has 0 bridgehead atoms. The molecule has 11 rings (SSSR count). The van der Waals surface area contributed by atoms with Crippen LogP contribution in [0.3, 0.4) is 0 Å². The Balaban J connectivity index is 0.00000372. The fourth-order valence-corrected chi connectivity index (χ4v) is 8.58. The molecule has 55 heavy (non-hydrogen) atoms. The SMILES string of the molecule is [U+2].[c-]1ccccc1-c1[c-]cc2c3c1-c1ccccc1-c1cccc4ccc(c3c14)n2-c1ccc(-c2ccc(N(c3ccccc3)c3ccccc3)cc2)cc1. The predicted molar refractivity (Wildman–Crippen MR) is 226 cm³/mol. The quantitative estimate of drug-likeness (QED) is 0.151. The van der Waals surface area contributed by atoms with Crippen molar-refractivity contribution in [1.82, 2.24) is 4.57 Å². The first kappa shape index (κ1) is 33.5. The van der Waals surface area contributed by atoms with Crippen LogP contribution in [0.15, 0.2) is 194 Å². The van der Waals surface area contributed by atoms with Crippen molar-refractivity contribution in [3.63, 3.8) is 0 Å². The molecule has 3 heteroatoms. The third-order valence-corrected chi connectivity index (χ3v) is 10.9. The molecule has 0 spiro atoms. The summed E-state index contributed by atoms with van der Waals surface area (Å²) in [5.74, 6) is 0. The van der Waals surface area contributed by atoms with Gasteiger partial charge in [-0.2, -0.15) is 30.3 Å². The first-order chi connectivity index (χ1) is 26.8. The number of hydrogen-bond acceptors (Lipinski definition) is 1. The molecule has 0 unspecified atom stereocenters. The van der Waals surface area contributed by atoms with Gasteiger partial charge in [0, 0.05) is 28.3 Å². The van der Waals surface area contributed by atoms with Gasteiger partial charge in [0.25, 0.3) is 0 Å². The summed E-state index contributed by atoms with van der Waals surface area (Å²) in [4.78, 5) is 2.30. The molecule has 1 aromatic heterocycles. The van der Waals surface area contributed by atoms with Gasteiger partial charge in [-0.15, -0.1) is 17.7 Å². The molecule has 1 heterocycles. The molecular formula is C52H32N2U. The predicted octanol–water partition coefficient (Wildman–Crippen LogP) is 14.0. The number of fused-ring (bicyclic) bond motifs is 3. The fraction of sp³-hybridized carbons (Fsp3) is 0. The van der Waals surface area contributed by atoms with Gasteiger partial charge in [-0.05, 0) is 98.5 Å². The number of nitrogens with zero attached hydrogens (tertiary/aromatic N) is 2. The Bertz CT molecular complexity index is 2960. The monoisotopic (exact) mass is 922 g/mol. The van der Waals surface area contributed by atoms with E-state index in [1.165, 1.54) is 60.4 Å². The average Bonchev–Trinajstić information content (AvgIpc) is 3.52. The molecule has 254 valence electrons. The summed E-state index contributed by atoms with van der Waals surface area (Å²) < 4.78 is 2.43. The van der Waals surface area contributed by atoms with Crippen LogP contribution in [0.1, 0.15) is 0 Å². The van der Waals surface area contributed by atoms with Crippen molar-refractivity contribution in [2.75, 3.05) is 4.90 Å². The van der Waals surface area contributed by atoms with Crippen LogP contribution in [-0.2, 0) is 0 Å². The third kappa shape index (κ3) is 5.38. The van der Waals surface area contributed by atoms with E-state index < -0.39 is 0 Å². The van der Waals surface area contributed by atoms with Gasteiger partial charge < -0.3 is 9.47 Å². The van der Waals surface area contributed by atoms with E-state index in [1.807, 2.05) is 12.1 Å². The summed E-state index contributed by atoms with van der Waals surface area (Å²) in [6.07, 6.45) is 0. The summed E-state index contributed by atoms with van der Waals surface area (Å²) >= 11 is 0. The smallest absolute Gasteiger partial charge is 0.351 e. The van der Waals surface area contributed by atoms with Crippen LogP contribution in [-0.4, -0.2) is 4.57 Å². The van der Waals surface area contributed by atoms with Crippen molar-refractivity contribution in [3.05, 3.63) is 206 Å². The van der Waals surface area contributed by atoms with Gasteiger partial charge in [0.05, 0.1) is 0 Å². The fourth-order valence-electron chi connectivity index (χ4n) is 8.58. The number of hydrogen-bond donors (Lipinski definition) is 0. The summed E-state index contributed by atoms with van der Waals surface area (Å²) in [6.45, 7) is 0. The van der Waals surface area contributed by atoms with Gasteiger partial charge in [0.15, 0.2) is 0 Å². The first-order valence-electron chi connectivity index (χ1n) is 18.4. The van der Waals surface area contributed by atoms with Crippen molar-refractivity contribution in [2.24, 2.45) is 0 Å². The van der Waals surface area contributed by atoms with Crippen molar-refractivity contribution in [1.29, 1.82) is 0 Å². The van der Waals surface area contributed by atoms with E-state index in [9.17, 15) is 0 Å². The van der Waals surface area contributed by atoms with Gasteiger partial charge in [0.2, 0.25) is 0 Å². The third-order valence-electron chi connectivity index (χ3n) is 10.9. The minimum atomic E-state index is 0. The summed E-state index contributed by atoms with van der Waals surface area (Å²) in [7, 11) is 0. The molecule has 0 aliphatic heterocycles. The summed E-state index contributed by atoms with van der Waals surface area (Å²) in [5.41, 5.74) is 16.3. The summed E-state index contributed by atoms with van der Waals surface area (Å²) in [6, 6.07) is 76.9. The first-order valence-corrected chi connectivity index (χ1v) is 18.4. The van der Waals surface area contributed by atoms with Gasteiger partial charge in [-0.1, -0.05) is 120 Å². The molecule has 0 amide bonds. The molecule has 0 N–H and O–H groups in total. The van der Waals surface area contributed by atoms with E-state index in [0.29, 0.717) is 0 Å². The van der Waals surface area contributed by atoms with Crippen molar-refractivity contribution in [2.45, 2.75) is 0 Å². The van der Waals surface area contributed by atoms with Gasteiger partial charge in [0.1, 0.15) is 0 Å². The Labute approximate surface area is 344 Å². The second-order valence-corrected chi connectivity index (χ2v) is 13.9. The zero-order valence-corrected chi connectivity index (χ0v) is 34.0. The van der Waals surface area contributed by atoms with Crippen molar-refractivity contribution >= 4 is 49.6 Å². The number of benzene rings is 9. The van der Waals surface area contributed by atoms with Crippen LogP contribution in [0, 0.1) is 43.2 Å². The molecule has 10 aromatic rings. The van der Waals surface area contributed by atoms with Crippen LogP contribution >= 0.6 is 0 Å². The maximum Gasteiger partial charge on any atom is 2.00 e. The molecule has 0 saturated carbocycles. The average molecular weight is 923 g/mol. The van der Waals surface area contributed by atoms with E-state index in [-0.39, 0.29) is 31.1 Å². The normalized spacial score (nSPS) is 11.5. The minimum Gasteiger partial charge on any atom is -0.351 e. The Morgan fingerprint density at radius 1 is 0.418 bits per heavy atom. The van der Waals surface area contributed by atoms with Crippen LogP contribution < -0.4 is 4.90 Å². The maximum absolute atomic E-state index is 3.76. The molecule has 2 nitrogen and oxygen atoms in total. The zero-order valence-electron chi connectivity index (χ0n) is 29.9.